The molecule has 2 atom stereocenters. The first-order chi connectivity index (χ1) is 4.18. The highest BCUT2D eigenvalue weighted by molar-refractivity contribution is 4.60. The molecule has 0 aliphatic carbocycles. The SMILES string of the molecule is C[C@H](O)[C@H](O)CCCO. The first-order valence-corrected chi connectivity index (χ1v) is 3.15. The van der Waals surface area contributed by atoms with Crippen LogP contribution in [0, 0.1) is 0 Å². The molecule has 0 bridgehead atoms. The molecule has 9 heavy (non-hydrogen) atoms. The summed E-state index contributed by atoms with van der Waals surface area (Å²) in [5, 5.41) is 25.9. The van der Waals surface area contributed by atoms with Gasteiger partial charge in [-0.2, -0.15) is 0 Å². The lowest BCUT2D eigenvalue weighted by Crippen LogP contribution is -2.22. The Morgan fingerprint density at radius 3 is 2.22 bits per heavy atom. The fourth-order valence-electron chi connectivity index (χ4n) is 0.542. The summed E-state index contributed by atoms with van der Waals surface area (Å²) in [4.78, 5) is 0. The minimum Gasteiger partial charge on any atom is -0.396 e. The molecule has 0 aliphatic rings. The van der Waals surface area contributed by atoms with Gasteiger partial charge < -0.3 is 15.3 Å². The van der Waals surface area contributed by atoms with Gasteiger partial charge in [-0.15, -0.1) is 0 Å². The Bertz CT molecular complexity index is 63.3. The quantitative estimate of drug-likeness (QED) is 0.486. The molecule has 56 valence electrons. The highest BCUT2D eigenvalue weighted by Gasteiger charge is 2.08. The lowest BCUT2D eigenvalue weighted by Gasteiger charge is -2.11. The third-order valence-electron chi connectivity index (χ3n) is 1.21. The zero-order valence-electron chi connectivity index (χ0n) is 5.62. The van der Waals surface area contributed by atoms with Gasteiger partial charge in [0.25, 0.3) is 0 Å². The van der Waals surface area contributed by atoms with E-state index in [2.05, 4.69) is 0 Å². The molecule has 0 aromatic rings. The number of hydrogen-bond donors (Lipinski definition) is 3. The Hall–Kier alpha value is -0.120. The molecule has 0 amide bonds. The molecule has 0 spiro atoms. The van der Waals surface area contributed by atoms with E-state index < -0.39 is 12.2 Å². The number of rotatable bonds is 4. The largest absolute Gasteiger partial charge is 0.396 e. The Morgan fingerprint density at radius 1 is 1.33 bits per heavy atom. The second kappa shape index (κ2) is 4.73. The Morgan fingerprint density at radius 2 is 1.89 bits per heavy atom. The van der Waals surface area contributed by atoms with Crippen molar-refractivity contribution in [2.75, 3.05) is 6.61 Å². The van der Waals surface area contributed by atoms with Gasteiger partial charge in [0.15, 0.2) is 0 Å². The summed E-state index contributed by atoms with van der Waals surface area (Å²) < 4.78 is 0. The smallest absolute Gasteiger partial charge is 0.0797 e. The third-order valence-corrected chi connectivity index (χ3v) is 1.21. The van der Waals surface area contributed by atoms with Crippen LogP contribution in [0.1, 0.15) is 19.8 Å². The predicted molar refractivity (Wildman–Crippen MR) is 34.0 cm³/mol. The van der Waals surface area contributed by atoms with E-state index in [0.717, 1.165) is 0 Å². The normalized spacial score (nSPS) is 17.3. The molecule has 0 saturated heterocycles. The van der Waals surface area contributed by atoms with Crippen LogP contribution < -0.4 is 0 Å². The second-order valence-electron chi connectivity index (χ2n) is 2.17. The number of hydrogen-bond acceptors (Lipinski definition) is 3. The highest BCUT2D eigenvalue weighted by Crippen LogP contribution is 2.00. The van der Waals surface area contributed by atoms with Gasteiger partial charge in [-0.05, 0) is 19.8 Å². The maximum absolute atomic E-state index is 8.90. The molecular formula is C6H14O3. The second-order valence-corrected chi connectivity index (χ2v) is 2.17. The highest BCUT2D eigenvalue weighted by atomic mass is 16.3. The molecule has 0 aromatic carbocycles. The first-order valence-electron chi connectivity index (χ1n) is 3.15. The lowest BCUT2D eigenvalue weighted by atomic mass is 10.1. The summed E-state index contributed by atoms with van der Waals surface area (Å²) in [7, 11) is 0. The summed E-state index contributed by atoms with van der Waals surface area (Å²) in [5.74, 6) is 0. The molecule has 0 fully saturated rings. The molecule has 3 nitrogen and oxygen atoms in total. The maximum Gasteiger partial charge on any atom is 0.0797 e. The molecule has 3 heteroatoms. The molecule has 0 aromatic heterocycles. The van der Waals surface area contributed by atoms with Crippen molar-refractivity contribution in [2.24, 2.45) is 0 Å². The van der Waals surface area contributed by atoms with Crippen LogP contribution in [0.3, 0.4) is 0 Å². The summed E-state index contributed by atoms with van der Waals surface area (Å²) in [6.45, 7) is 1.60. The Balaban J connectivity index is 3.16. The van der Waals surface area contributed by atoms with Crippen LogP contribution in [-0.4, -0.2) is 34.1 Å². The predicted octanol–water partition coefficient (Wildman–Crippen LogP) is -0.499. The molecule has 3 N–H and O–H groups in total. The molecule has 0 saturated carbocycles. The Labute approximate surface area is 54.9 Å². The van der Waals surface area contributed by atoms with E-state index in [9.17, 15) is 0 Å². The topological polar surface area (TPSA) is 60.7 Å². The Kier molecular flexibility index (Phi) is 4.67. The van der Waals surface area contributed by atoms with Crippen molar-refractivity contribution in [2.45, 2.75) is 32.0 Å². The van der Waals surface area contributed by atoms with Crippen molar-refractivity contribution in [3.63, 3.8) is 0 Å². The number of aliphatic hydroxyl groups is 3. The maximum atomic E-state index is 8.90. The fraction of sp³-hybridized carbons (Fsp3) is 1.00. The van der Waals surface area contributed by atoms with Crippen LogP contribution in [0.2, 0.25) is 0 Å². The van der Waals surface area contributed by atoms with Gasteiger partial charge in [0, 0.05) is 6.61 Å². The van der Waals surface area contributed by atoms with Gasteiger partial charge in [-0.3, -0.25) is 0 Å². The van der Waals surface area contributed by atoms with E-state index in [-0.39, 0.29) is 6.61 Å². The van der Waals surface area contributed by atoms with Gasteiger partial charge in [0.2, 0.25) is 0 Å². The molecule has 0 rings (SSSR count). The van der Waals surface area contributed by atoms with Crippen molar-refractivity contribution in [1.29, 1.82) is 0 Å². The van der Waals surface area contributed by atoms with E-state index in [1.54, 1.807) is 0 Å². The zero-order chi connectivity index (χ0) is 7.28. The standard InChI is InChI=1S/C6H14O3/c1-5(8)6(9)3-2-4-7/h5-9H,2-4H2,1H3/t5-,6+/m0/s1. The summed E-state index contributed by atoms with van der Waals surface area (Å²) in [6.07, 6.45) is -0.353. The molecule has 0 aliphatic heterocycles. The van der Waals surface area contributed by atoms with Gasteiger partial charge in [-0.25, -0.2) is 0 Å². The minimum absolute atomic E-state index is 0.0732. The zero-order valence-corrected chi connectivity index (χ0v) is 5.62. The van der Waals surface area contributed by atoms with Gasteiger partial charge in [0.05, 0.1) is 12.2 Å². The lowest BCUT2D eigenvalue weighted by molar-refractivity contribution is 0.0224. The van der Waals surface area contributed by atoms with Gasteiger partial charge >= 0.3 is 0 Å². The summed E-state index contributed by atoms with van der Waals surface area (Å²) in [6, 6.07) is 0. The third kappa shape index (κ3) is 4.39. The van der Waals surface area contributed by atoms with Crippen molar-refractivity contribution in [3.05, 3.63) is 0 Å². The van der Waals surface area contributed by atoms with Crippen LogP contribution in [0.4, 0.5) is 0 Å². The van der Waals surface area contributed by atoms with E-state index in [1.807, 2.05) is 0 Å². The van der Waals surface area contributed by atoms with E-state index in [1.165, 1.54) is 6.92 Å². The fourth-order valence-corrected chi connectivity index (χ4v) is 0.542. The summed E-state index contributed by atoms with van der Waals surface area (Å²) in [5.41, 5.74) is 0. The minimum atomic E-state index is -0.684. The first kappa shape index (κ1) is 8.88. The van der Waals surface area contributed by atoms with Gasteiger partial charge in [0.1, 0.15) is 0 Å². The van der Waals surface area contributed by atoms with E-state index in [0.29, 0.717) is 12.8 Å². The monoisotopic (exact) mass is 134 g/mol. The van der Waals surface area contributed by atoms with Crippen molar-refractivity contribution >= 4 is 0 Å². The van der Waals surface area contributed by atoms with Crippen LogP contribution in [0.25, 0.3) is 0 Å². The van der Waals surface area contributed by atoms with Crippen molar-refractivity contribution in [3.8, 4) is 0 Å². The van der Waals surface area contributed by atoms with E-state index in [4.69, 9.17) is 15.3 Å². The number of aliphatic hydroxyl groups excluding tert-OH is 3. The van der Waals surface area contributed by atoms with Crippen LogP contribution in [0.15, 0.2) is 0 Å². The average Bonchev–Trinajstić information content (AvgIpc) is 1.82. The van der Waals surface area contributed by atoms with Crippen LogP contribution >= 0.6 is 0 Å². The van der Waals surface area contributed by atoms with Gasteiger partial charge in [-0.1, -0.05) is 0 Å². The van der Waals surface area contributed by atoms with Crippen molar-refractivity contribution in [1.82, 2.24) is 0 Å². The molecular weight excluding hydrogens is 120 g/mol. The van der Waals surface area contributed by atoms with Crippen LogP contribution in [0.5, 0.6) is 0 Å². The molecule has 0 unspecified atom stereocenters. The molecule has 0 radical (unpaired) electrons. The molecule has 0 heterocycles. The van der Waals surface area contributed by atoms with E-state index >= 15 is 0 Å². The average molecular weight is 134 g/mol. The van der Waals surface area contributed by atoms with Crippen molar-refractivity contribution < 1.29 is 15.3 Å². The summed E-state index contributed by atoms with van der Waals surface area (Å²) >= 11 is 0. The van der Waals surface area contributed by atoms with Crippen LogP contribution in [-0.2, 0) is 0 Å².